The monoisotopic (exact) mass is 303 g/mol. The lowest BCUT2D eigenvalue weighted by Gasteiger charge is -2.10. The summed E-state index contributed by atoms with van der Waals surface area (Å²) in [6.45, 7) is 4.44. The van der Waals surface area contributed by atoms with Gasteiger partial charge in [0.2, 0.25) is 0 Å². The average molecular weight is 304 g/mol. The molecule has 0 fully saturated rings. The Balaban J connectivity index is 2.52. The molecule has 0 atom stereocenters. The standard InChI is InChI=1S/C12H15BrFNO2/c1-3-17-12(16)4-5-15-11-7-9(13)10(14)6-8(11)2/h6-7,15H,3-5H2,1-2H3. The van der Waals surface area contributed by atoms with Gasteiger partial charge >= 0.3 is 5.97 Å². The van der Waals surface area contributed by atoms with E-state index < -0.39 is 0 Å². The minimum atomic E-state index is -0.293. The van der Waals surface area contributed by atoms with Crippen LogP contribution in [0.2, 0.25) is 0 Å². The lowest BCUT2D eigenvalue weighted by Crippen LogP contribution is -2.11. The zero-order valence-electron chi connectivity index (χ0n) is 9.85. The Bertz CT molecular complexity index is 410. The first-order valence-corrected chi connectivity index (χ1v) is 6.19. The molecule has 1 aromatic rings. The molecule has 1 rings (SSSR count). The van der Waals surface area contributed by atoms with Gasteiger partial charge in [0.1, 0.15) is 5.82 Å². The maximum absolute atomic E-state index is 13.2. The molecule has 0 aliphatic heterocycles. The molecule has 0 unspecified atom stereocenters. The van der Waals surface area contributed by atoms with Gasteiger partial charge in [-0.2, -0.15) is 0 Å². The van der Waals surface area contributed by atoms with Gasteiger partial charge in [-0.25, -0.2) is 4.39 Å². The van der Waals surface area contributed by atoms with E-state index in [0.29, 0.717) is 24.0 Å². The summed E-state index contributed by atoms with van der Waals surface area (Å²) in [5, 5.41) is 3.07. The predicted octanol–water partition coefficient (Wildman–Crippen LogP) is 3.26. The molecular weight excluding hydrogens is 289 g/mol. The zero-order chi connectivity index (χ0) is 12.8. The van der Waals surface area contributed by atoms with Gasteiger partial charge in [-0.05, 0) is 47.5 Å². The van der Waals surface area contributed by atoms with E-state index in [1.165, 1.54) is 6.07 Å². The van der Waals surface area contributed by atoms with Crippen molar-refractivity contribution in [2.24, 2.45) is 0 Å². The number of hydrogen-bond acceptors (Lipinski definition) is 3. The van der Waals surface area contributed by atoms with Gasteiger partial charge in [0.15, 0.2) is 0 Å². The van der Waals surface area contributed by atoms with Crippen molar-refractivity contribution in [3.05, 3.63) is 28.0 Å². The smallest absolute Gasteiger partial charge is 0.307 e. The molecule has 5 heteroatoms. The Morgan fingerprint density at radius 3 is 2.88 bits per heavy atom. The summed E-state index contributed by atoms with van der Waals surface area (Å²) in [7, 11) is 0. The Morgan fingerprint density at radius 2 is 2.24 bits per heavy atom. The Hall–Kier alpha value is -1.10. The number of carbonyl (C=O) groups is 1. The molecule has 0 radical (unpaired) electrons. The summed E-state index contributed by atoms with van der Waals surface area (Å²) < 4.78 is 18.4. The molecule has 0 aliphatic carbocycles. The van der Waals surface area contributed by atoms with Crippen molar-refractivity contribution in [2.75, 3.05) is 18.5 Å². The quantitative estimate of drug-likeness (QED) is 0.849. The molecule has 0 aromatic heterocycles. The van der Waals surface area contributed by atoms with E-state index in [-0.39, 0.29) is 11.8 Å². The molecule has 17 heavy (non-hydrogen) atoms. The SMILES string of the molecule is CCOC(=O)CCNc1cc(Br)c(F)cc1C. The predicted molar refractivity (Wildman–Crippen MR) is 68.6 cm³/mol. The van der Waals surface area contributed by atoms with Gasteiger partial charge in [-0.3, -0.25) is 4.79 Å². The molecule has 1 N–H and O–H groups in total. The minimum absolute atomic E-state index is 0.237. The third-order valence-electron chi connectivity index (χ3n) is 2.22. The number of benzene rings is 1. The fraction of sp³-hybridized carbons (Fsp3) is 0.417. The highest BCUT2D eigenvalue weighted by atomic mass is 79.9. The van der Waals surface area contributed by atoms with Crippen molar-refractivity contribution in [3.8, 4) is 0 Å². The molecule has 94 valence electrons. The maximum Gasteiger partial charge on any atom is 0.307 e. The van der Waals surface area contributed by atoms with Crippen LogP contribution in [0.5, 0.6) is 0 Å². The van der Waals surface area contributed by atoms with Gasteiger partial charge in [-0.1, -0.05) is 0 Å². The molecular formula is C12H15BrFNO2. The van der Waals surface area contributed by atoms with Gasteiger partial charge in [-0.15, -0.1) is 0 Å². The van der Waals surface area contributed by atoms with Gasteiger partial charge in [0.25, 0.3) is 0 Å². The second-order valence-corrected chi connectivity index (χ2v) is 4.42. The molecule has 1 aromatic carbocycles. The number of ether oxygens (including phenoxy) is 1. The normalized spacial score (nSPS) is 10.1. The van der Waals surface area contributed by atoms with E-state index in [4.69, 9.17) is 4.74 Å². The van der Waals surface area contributed by atoms with E-state index in [2.05, 4.69) is 21.2 Å². The fourth-order valence-corrected chi connectivity index (χ4v) is 1.71. The largest absolute Gasteiger partial charge is 0.466 e. The lowest BCUT2D eigenvalue weighted by atomic mass is 10.2. The zero-order valence-corrected chi connectivity index (χ0v) is 11.4. The summed E-state index contributed by atoms with van der Waals surface area (Å²) in [4.78, 5) is 11.1. The van der Waals surface area contributed by atoms with Crippen molar-refractivity contribution in [2.45, 2.75) is 20.3 Å². The van der Waals surface area contributed by atoms with Crippen LogP contribution in [0.1, 0.15) is 18.9 Å². The van der Waals surface area contributed by atoms with Crippen LogP contribution < -0.4 is 5.32 Å². The third-order valence-corrected chi connectivity index (χ3v) is 2.82. The second kappa shape index (κ2) is 6.59. The molecule has 0 saturated carbocycles. The van der Waals surface area contributed by atoms with Crippen molar-refractivity contribution in [1.29, 1.82) is 0 Å². The highest BCUT2D eigenvalue weighted by Crippen LogP contribution is 2.24. The molecule has 0 bridgehead atoms. The van der Waals surface area contributed by atoms with Crippen molar-refractivity contribution >= 4 is 27.6 Å². The lowest BCUT2D eigenvalue weighted by molar-refractivity contribution is -0.142. The molecule has 0 spiro atoms. The first-order chi connectivity index (χ1) is 8.04. The second-order valence-electron chi connectivity index (χ2n) is 3.56. The average Bonchev–Trinajstić information content (AvgIpc) is 2.26. The molecule has 0 aliphatic rings. The number of halogens is 2. The van der Waals surface area contributed by atoms with Gasteiger partial charge < -0.3 is 10.1 Å². The van der Waals surface area contributed by atoms with E-state index in [1.54, 1.807) is 13.0 Å². The Morgan fingerprint density at radius 1 is 1.53 bits per heavy atom. The van der Waals surface area contributed by atoms with Gasteiger partial charge in [0.05, 0.1) is 17.5 Å². The van der Waals surface area contributed by atoms with E-state index in [0.717, 1.165) is 11.3 Å². The summed E-state index contributed by atoms with van der Waals surface area (Å²) in [6.07, 6.45) is 0.294. The summed E-state index contributed by atoms with van der Waals surface area (Å²) in [5.41, 5.74) is 1.61. The molecule has 0 saturated heterocycles. The van der Waals surface area contributed by atoms with Crippen LogP contribution in [0.15, 0.2) is 16.6 Å². The highest BCUT2D eigenvalue weighted by molar-refractivity contribution is 9.10. The summed E-state index contributed by atoms with van der Waals surface area (Å²) >= 11 is 3.12. The number of nitrogens with one attached hydrogen (secondary N) is 1. The molecule has 0 amide bonds. The van der Waals surface area contributed by atoms with E-state index >= 15 is 0 Å². The van der Waals surface area contributed by atoms with Crippen LogP contribution in [-0.4, -0.2) is 19.1 Å². The highest BCUT2D eigenvalue weighted by Gasteiger charge is 2.06. The number of esters is 1. The van der Waals surface area contributed by atoms with Crippen molar-refractivity contribution in [3.63, 3.8) is 0 Å². The summed E-state index contributed by atoms with van der Waals surface area (Å²) in [5.74, 6) is -0.530. The van der Waals surface area contributed by atoms with Crippen LogP contribution in [0.25, 0.3) is 0 Å². The maximum atomic E-state index is 13.2. The van der Waals surface area contributed by atoms with Crippen LogP contribution >= 0.6 is 15.9 Å². The van der Waals surface area contributed by atoms with Crippen molar-refractivity contribution < 1.29 is 13.9 Å². The summed E-state index contributed by atoms with van der Waals surface area (Å²) in [6, 6.07) is 3.10. The van der Waals surface area contributed by atoms with Crippen LogP contribution in [0.3, 0.4) is 0 Å². The topological polar surface area (TPSA) is 38.3 Å². The number of carbonyl (C=O) groups excluding carboxylic acids is 1. The fourth-order valence-electron chi connectivity index (χ4n) is 1.37. The first kappa shape index (κ1) is 14.0. The van der Waals surface area contributed by atoms with Crippen molar-refractivity contribution in [1.82, 2.24) is 0 Å². The Kier molecular flexibility index (Phi) is 5.41. The van der Waals surface area contributed by atoms with E-state index in [9.17, 15) is 9.18 Å². The van der Waals surface area contributed by atoms with Crippen LogP contribution in [0, 0.1) is 12.7 Å². The van der Waals surface area contributed by atoms with Gasteiger partial charge in [0, 0.05) is 12.2 Å². The van der Waals surface area contributed by atoms with Crippen LogP contribution in [-0.2, 0) is 9.53 Å². The minimum Gasteiger partial charge on any atom is -0.466 e. The Labute approximate surface area is 108 Å². The number of hydrogen-bond donors (Lipinski definition) is 1. The molecule has 0 heterocycles. The number of anilines is 1. The number of rotatable bonds is 5. The third kappa shape index (κ3) is 4.34. The number of aryl methyl sites for hydroxylation is 1. The van der Waals surface area contributed by atoms with E-state index in [1.807, 2.05) is 6.92 Å². The molecule has 3 nitrogen and oxygen atoms in total. The van der Waals surface area contributed by atoms with Crippen LogP contribution in [0.4, 0.5) is 10.1 Å². The first-order valence-electron chi connectivity index (χ1n) is 5.39.